The van der Waals surface area contributed by atoms with E-state index >= 15 is 0 Å². The lowest BCUT2D eigenvalue weighted by molar-refractivity contribution is -0.118. The minimum absolute atomic E-state index is 0.0636. The van der Waals surface area contributed by atoms with Gasteiger partial charge in [-0.15, -0.1) is 11.3 Å². The van der Waals surface area contributed by atoms with E-state index in [4.69, 9.17) is 9.47 Å². The van der Waals surface area contributed by atoms with Gasteiger partial charge in [0.25, 0.3) is 5.91 Å². The molecule has 0 radical (unpaired) electrons. The van der Waals surface area contributed by atoms with Gasteiger partial charge in [0.05, 0.1) is 17.3 Å². The van der Waals surface area contributed by atoms with Crippen LogP contribution in [-0.2, 0) is 4.79 Å². The zero-order chi connectivity index (χ0) is 19.4. The van der Waals surface area contributed by atoms with Crippen molar-refractivity contribution in [1.29, 1.82) is 0 Å². The second-order valence-corrected chi connectivity index (χ2v) is 7.76. The molecule has 0 fully saturated rings. The van der Waals surface area contributed by atoms with E-state index in [2.05, 4.69) is 32.3 Å². The SMILES string of the molecule is COc1ccc(-c2csc(NC(=O)COc3cc(C)cc(C)c3)n2)cc1Br. The lowest BCUT2D eigenvalue weighted by atomic mass is 10.1. The maximum atomic E-state index is 12.1. The van der Waals surface area contributed by atoms with Crippen LogP contribution in [0.5, 0.6) is 11.5 Å². The number of carbonyl (C=O) groups excluding carboxylic acids is 1. The number of aryl methyl sites for hydroxylation is 2. The molecule has 7 heteroatoms. The molecule has 1 amide bonds. The summed E-state index contributed by atoms with van der Waals surface area (Å²) in [6.45, 7) is 3.93. The number of halogens is 1. The summed E-state index contributed by atoms with van der Waals surface area (Å²) in [7, 11) is 1.62. The Morgan fingerprint density at radius 1 is 1.19 bits per heavy atom. The molecule has 0 aliphatic heterocycles. The van der Waals surface area contributed by atoms with Crippen LogP contribution in [-0.4, -0.2) is 24.6 Å². The first-order chi connectivity index (χ1) is 12.9. The fraction of sp³-hybridized carbons (Fsp3) is 0.200. The lowest BCUT2D eigenvalue weighted by Crippen LogP contribution is -2.20. The summed E-state index contributed by atoms with van der Waals surface area (Å²) in [5.41, 5.74) is 3.92. The second-order valence-electron chi connectivity index (χ2n) is 6.05. The average molecular weight is 447 g/mol. The van der Waals surface area contributed by atoms with Crippen molar-refractivity contribution in [1.82, 2.24) is 4.98 Å². The Kier molecular flexibility index (Phi) is 6.13. The Morgan fingerprint density at radius 3 is 2.59 bits per heavy atom. The normalized spacial score (nSPS) is 10.5. The minimum atomic E-state index is -0.244. The van der Waals surface area contributed by atoms with Crippen LogP contribution in [0.4, 0.5) is 5.13 Å². The number of rotatable bonds is 6. The monoisotopic (exact) mass is 446 g/mol. The number of amides is 1. The van der Waals surface area contributed by atoms with Crippen molar-refractivity contribution >= 4 is 38.3 Å². The zero-order valence-electron chi connectivity index (χ0n) is 15.2. The average Bonchev–Trinajstić information content (AvgIpc) is 3.07. The Bertz CT molecular complexity index is 951. The lowest BCUT2D eigenvalue weighted by Gasteiger charge is -2.08. The van der Waals surface area contributed by atoms with Crippen LogP contribution >= 0.6 is 27.3 Å². The summed E-state index contributed by atoms with van der Waals surface area (Å²) in [5.74, 6) is 1.20. The van der Waals surface area contributed by atoms with Gasteiger partial charge in [-0.25, -0.2) is 4.98 Å². The molecule has 0 unspecified atom stereocenters. The van der Waals surface area contributed by atoms with Crippen molar-refractivity contribution in [3.8, 4) is 22.8 Å². The Labute approximate surface area is 170 Å². The number of thiazole rings is 1. The van der Waals surface area contributed by atoms with E-state index in [0.29, 0.717) is 10.9 Å². The highest BCUT2D eigenvalue weighted by atomic mass is 79.9. The number of methoxy groups -OCH3 is 1. The van der Waals surface area contributed by atoms with Crippen LogP contribution in [0.25, 0.3) is 11.3 Å². The van der Waals surface area contributed by atoms with Gasteiger partial charge < -0.3 is 9.47 Å². The van der Waals surface area contributed by atoms with Gasteiger partial charge in [-0.3, -0.25) is 10.1 Å². The fourth-order valence-corrected chi connectivity index (χ4v) is 3.89. The van der Waals surface area contributed by atoms with Crippen LogP contribution in [0.2, 0.25) is 0 Å². The van der Waals surface area contributed by atoms with E-state index in [9.17, 15) is 4.79 Å². The Balaban J connectivity index is 1.61. The van der Waals surface area contributed by atoms with E-state index in [1.165, 1.54) is 11.3 Å². The third-order valence-electron chi connectivity index (χ3n) is 3.76. The predicted molar refractivity (Wildman–Crippen MR) is 112 cm³/mol. The van der Waals surface area contributed by atoms with E-state index in [1.54, 1.807) is 7.11 Å². The quantitative estimate of drug-likeness (QED) is 0.563. The highest BCUT2D eigenvalue weighted by Gasteiger charge is 2.10. The van der Waals surface area contributed by atoms with Crippen LogP contribution in [0.3, 0.4) is 0 Å². The van der Waals surface area contributed by atoms with Gasteiger partial charge in [0.2, 0.25) is 0 Å². The van der Waals surface area contributed by atoms with Crippen molar-refractivity contribution in [3.05, 3.63) is 57.4 Å². The molecular weight excluding hydrogens is 428 g/mol. The van der Waals surface area contributed by atoms with Gasteiger partial charge in [-0.05, 0) is 71.2 Å². The molecule has 1 heterocycles. The van der Waals surface area contributed by atoms with Gasteiger partial charge in [-0.2, -0.15) is 0 Å². The maximum Gasteiger partial charge on any atom is 0.264 e. The highest BCUT2D eigenvalue weighted by molar-refractivity contribution is 9.10. The number of ether oxygens (including phenoxy) is 2. The van der Waals surface area contributed by atoms with Crippen molar-refractivity contribution in [2.75, 3.05) is 19.0 Å². The van der Waals surface area contributed by atoms with Crippen LogP contribution in [0.15, 0.2) is 46.3 Å². The van der Waals surface area contributed by atoms with Crippen LogP contribution in [0, 0.1) is 13.8 Å². The number of benzene rings is 2. The predicted octanol–water partition coefficient (Wildman–Crippen LogP) is 5.22. The molecule has 1 N–H and O–H groups in total. The molecule has 27 heavy (non-hydrogen) atoms. The molecule has 3 aromatic rings. The van der Waals surface area contributed by atoms with E-state index in [-0.39, 0.29) is 12.5 Å². The zero-order valence-corrected chi connectivity index (χ0v) is 17.6. The Morgan fingerprint density at radius 2 is 1.93 bits per heavy atom. The smallest absolute Gasteiger partial charge is 0.264 e. The summed E-state index contributed by atoms with van der Waals surface area (Å²) in [6, 6.07) is 11.6. The molecule has 1 aromatic heterocycles. The van der Waals surface area contributed by atoms with Crippen molar-refractivity contribution < 1.29 is 14.3 Å². The number of anilines is 1. The van der Waals surface area contributed by atoms with Crippen LogP contribution in [0.1, 0.15) is 11.1 Å². The molecule has 3 rings (SSSR count). The second kappa shape index (κ2) is 8.54. The molecule has 0 bridgehead atoms. The van der Waals surface area contributed by atoms with Crippen molar-refractivity contribution in [2.24, 2.45) is 0 Å². The Hall–Kier alpha value is -2.38. The first kappa shape index (κ1) is 19.4. The summed E-state index contributed by atoms with van der Waals surface area (Å²) in [6.07, 6.45) is 0. The third kappa shape index (κ3) is 5.08. The van der Waals surface area contributed by atoms with Gasteiger partial charge in [0, 0.05) is 10.9 Å². The molecule has 0 aliphatic carbocycles. The number of aromatic nitrogens is 1. The van der Waals surface area contributed by atoms with Crippen molar-refractivity contribution in [2.45, 2.75) is 13.8 Å². The first-order valence-corrected chi connectivity index (χ1v) is 9.92. The van der Waals surface area contributed by atoms with Gasteiger partial charge in [-0.1, -0.05) is 6.07 Å². The largest absolute Gasteiger partial charge is 0.496 e. The maximum absolute atomic E-state index is 12.1. The number of nitrogens with one attached hydrogen (secondary N) is 1. The van der Waals surface area contributed by atoms with E-state index in [0.717, 1.165) is 32.6 Å². The van der Waals surface area contributed by atoms with Crippen molar-refractivity contribution in [3.63, 3.8) is 0 Å². The molecule has 0 saturated heterocycles. The fourth-order valence-electron chi connectivity index (χ4n) is 2.61. The molecule has 5 nitrogen and oxygen atoms in total. The summed E-state index contributed by atoms with van der Waals surface area (Å²) < 4.78 is 11.7. The number of nitrogens with zero attached hydrogens (tertiary/aromatic N) is 1. The topological polar surface area (TPSA) is 60.5 Å². The highest BCUT2D eigenvalue weighted by Crippen LogP contribution is 2.32. The summed E-state index contributed by atoms with van der Waals surface area (Å²) in [5, 5.41) is 5.21. The van der Waals surface area contributed by atoms with Gasteiger partial charge in [0.15, 0.2) is 11.7 Å². The van der Waals surface area contributed by atoms with Gasteiger partial charge >= 0.3 is 0 Å². The third-order valence-corrected chi connectivity index (χ3v) is 5.14. The molecule has 0 aliphatic rings. The first-order valence-electron chi connectivity index (χ1n) is 8.25. The minimum Gasteiger partial charge on any atom is -0.496 e. The molecular formula is C20H19BrN2O3S. The van der Waals surface area contributed by atoms with Gasteiger partial charge in [0.1, 0.15) is 11.5 Å². The molecule has 140 valence electrons. The molecule has 0 atom stereocenters. The molecule has 0 saturated carbocycles. The number of hydrogen-bond acceptors (Lipinski definition) is 5. The standard InChI is InChI=1S/C20H19BrN2O3S/c1-12-6-13(2)8-15(7-12)26-10-19(24)23-20-22-17(11-27-20)14-4-5-18(25-3)16(21)9-14/h4-9,11H,10H2,1-3H3,(H,22,23,24). The van der Waals surface area contributed by atoms with E-state index in [1.807, 2.05) is 49.6 Å². The summed E-state index contributed by atoms with van der Waals surface area (Å²) >= 11 is 4.84. The summed E-state index contributed by atoms with van der Waals surface area (Å²) in [4.78, 5) is 16.6. The molecule has 0 spiro atoms. The van der Waals surface area contributed by atoms with E-state index < -0.39 is 0 Å². The number of carbonyl (C=O) groups is 1. The number of hydrogen-bond donors (Lipinski definition) is 1. The van der Waals surface area contributed by atoms with Crippen LogP contribution < -0.4 is 14.8 Å². The molecule has 2 aromatic carbocycles.